The van der Waals surface area contributed by atoms with E-state index in [4.69, 9.17) is 0 Å². The molecule has 2 aromatic rings. The number of nitrogens with zero attached hydrogens (tertiary/aromatic N) is 2. The molecule has 0 fully saturated rings. The zero-order valence-corrected chi connectivity index (χ0v) is 13.3. The Morgan fingerprint density at radius 1 is 1.14 bits per heavy atom. The highest BCUT2D eigenvalue weighted by Gasteiger charge is 2.37. The molecule has 0 aliphatic carbocycles. The monoisotopic (exact) mass is 300 g/mol. The third-order valence-electron chi connectivity index (χ3n) is 4.02. The number of rotatable bonds is 2. The van der Waals surface area contributed by atoms with E-state index in [0.29, 0.717) is 12.1 Å². The summed E-state index contributed by atoms with van der Waals surface area (Å²) in [6.45, 7) is 8.26. The van der Waals surface area contributed by atoms with Crippen LogP contribution in [0.1, 0.15) is 37.1 Å². The van der Waals surface area contributed by atoms with Crippen LogP contribution in [0.3, 0.4) is 0 Å². The average Bonchev–Trinajstić information content (AvgIpc) is 2.87. The molecule has 108 valence electrons. The van der Waals surface area contributed by atoms with Crippen molar-refractivity contribution in [1.29, 1.82) is 0 Å². The van der Waals surface area contributed by atoms with Crippen LogP contribution in [-0.4, -0.2) is 16.7 Å². The Kier molecular flexibility index (Phi) is 3.17. The molecule has 21 heavy (non-hydrogen) atoms. The van der Waals surface area contributed by atoms with Gasteiger partial charge in [0.1, 0.15) is 5.01 Å². The number of hydrogen-bond acceptors (Lipinski definition) is 4. The standard InChI is InChI=1S/C16H16N2O2S/c1-8-5-6-12-14(9(8)2)18(16(20)15(12)19)7-13-17-10(3)11(4)21-13/h5-6H,7H2,1-4H3. The zero-order valence-electron chi connectivity index (χ0n) is 12.5. The number of aryl methyl sites for hydroxylation is 3. The van der Waals surface area contributed by atoms with Crippen LogP contribution in [0.15, 0.2) is 12.1 Å². The molecule has 1 aliphatic rings. The number of anilines is 1. The molecule has 0 N–H and O–H groups in total. The van der Waals surface area contributed by atoms with E-state index < -0.39 is 11.7 Å². The first kappa shape index (κ1) is 13.9. The first-order valence-electron chi connectivity index (χ1n) is 6.79. The number of ketones is 1. The summed E-state index contributed by atoms with van der Waals surface area (Å²) < 4.78 is 0. The summed E-state index contributed by atoms with van der Waals surface area (Å²) in [5, 5.41) is 0.861. The van der Waals surface area contributed by atoms with E-state index in [1.54, 1.807) is 22.3 Å². The Balaban J connectivity index is 2.06. The second-order valence-electron chi connectivity index (χ2n) is 5.37. The minimum absolute atomic E-state index is 0.362. The van der Waals surface area contributed by atoms with Crippen molar-refractivity contribution in [2.24, 2.45) is 0 Å². The molecule has 0 spiro atoms. The predicted octanol–water partition coefficient (Wildman–Crippen LogP) is 3.11. The zero-order chi connectivity index (χ0) is 15.3. The van der Waals surface area contributed by atoms with E-state index in [9.17, 15) is 9.59 Å². The third-order valence-corrected chi connectivity index (χ3v) is 5.08. The van der Waals surface area contributed by atoms with E-state index in [0.717, 1.165) is 32.4 Å². The molecule has 5 heteroatoms. The van der Waals surface area contributed by atoms with Crippen LogP contribution in [0.2, 0.25) is 0 Å². The summed E-state index contributed by atoms with van der Waals surface area (Å²) >= 11 is 1.57. The molecule has 1 amide bonds. The van der Waals surface area contributed by atoms with Crippen LogP contribution < -0.4 is 4.90 Å². The molecular formula is C16H16N2O2S. The molecule has 4 nitrogen and oxygen atoms in total. The van der Waals surface area contributed by atoms with Crippen LogP contribution in [0.5, 0.6) is 0 Å². The second-order valence-corrected chi connectivity index (χ2v) is 6.66. The molecule has 1 aliphatic heterocycles. The van der Waals surface area contributed by atoms with Crippen molar-refractivity contribution in [2.75, 3.05) is 4.90 Å². The number of thiazole rings is 1. The molecule has 0 bridgehead atoms. The van der Waals surface area contributed by atoms with E-state index in [-0.39, 0.29) is 0 Å². The van der Waals surface area contributed by atoms with Gasteiger partial charge in [-0.05, 0) is 44.9 Å². The van der Waals surface area contributed by atoms with Gasteiger partial charge in [0, 0.05) is 4.88 Å². The fraction of sp³-hybridized carbons (Fsp3) is 0.312. The summed E-state index contributed by atoms with van der Waals surface area (Å²) in [7, 11) is 0. The lowest BCUT2D eigenvalue weighted by molar-refractivity contribution is -0.114. The SMILES string of the molecule is Cc1ccc2c(c1C)N(Cc1nc(C)c(C)s1)C(=O)C2=O. The van der Waals surface area contributed by atoms with Gasteiger partial charge >= 0.3 is 0 Å². The molecule has 3 rings (SSSR count). The number of aromatic nitrogens is 1. The molecular weight excluding hydrogens is 284 g/mol. The fourth-order valence-electron chi connectivity index (χ4n) is 2.56. The molecule has 0 saturated carbocycles. The number of benzene rings is 1. The van der Waals surface area contributed by atoms with Gasteiger partial charge in [-0.15, -0.1) is 11.3 Å². The summed E-state index contributed by atoms with van der Waals surface area (Å²) in [5.74, 6) is -0.873. The Morgan fingerprint density at radius 2 is 1.86 bits per heavy atom. The lowest BCUT2D eigenvalue weighted by Gasteiger charge is -2.18. The molecule has 0 unspecified atom stereocenters. The van der Waals surface area contributed by atoms with Crippen LogP contribution in [0.4, 0.5) is 5.69 Å². The Morgan fingerprint density at radius 3 is 2.48 bits per heavy atom. The maximum Gasteiger partial charge on any atom is 0.299 e. The summed E-state index contributed by atoms with van der Waals surface area (Å²) in [6, 6.07) is 3.64. The molecule has 2 heterocycles. The summed E-state index contributed by atoms with van der Waals surface area (Å²) in [4.78, 5) is 31.6. The molecule has 1 aromatic heterocycles. The van der Waals surface area contributed by atoms with Crippen molar-refractivity contribution in [3.63, 3.8) is 0 Å². The summed E-state index contributed by atoms with van der Waals surface area (Å²) in [6.07, 6.45) is 0. The van der Waals surface area contributed by atoms with Gasteiger partial charge in [0.25, 0.3) is 11.7 Å². The quantitative estimate of drug-likeness (QED) is 0.801. The normalized spacial score (nSPS) is 14.0. The first-order valence-corrected chi connectivity index (χ1v) is 7.61. The van der Waals surface area contributed by atoms with Gasteiger partial charge in [0.05, 0.1) is 23.5 Å². The number of carbonyl (C=O) groups excluding carboxylic acids is 2. The van der Waals surface area contributed by atoms with Gasteiger partial charge in [-0.25, -0.2) is 4.98 Å². The maximum atomic E-state index is 12.3. The van der Waals surface area contributed by atoms with E-state index in [1.807, 2.05) is 33.8 Å². The topological polar surface area (TPSA) is 50.3 Å². The Labute approximate surface area is 127 Å². The van der Waals surface area contributed by atoms with Crippen molar-refractivity contribution < 1.29 is 9.59 Å². The lowest BCUT2D eigenvalue weighted by Crippen LogP contribution is -2.29. The van der Waals surface area contributed by atoms with Crippen molar-refractivity contribution in [1.82, 2.24) is 4.98 Å². The highest BCUT2D eigenvalue weighted by atomic mass is 32.1. The van der Waals surface area contributed by atoms with Gasteiger partial charge in [-0.1, -0.05) is 6.07 Å². The first-order chi connectivity index (χ1) is 9.90. The average molecular weight is 300 g/mol. The van der Waals surface area contributed by atoms with Gasteiger partial charge in [0.15, 0.2) is 0 Å². The third kappa shape index (κ3) is 2.08. The number of fused-ring (bicyclic) bond motifs is 1. The molecule has 1 aromatic carbocycles. The van der Waals surface area contributed by atoms with Gasteiger partial charge in [-0.3, -0.25) is 14.5 Å². The lowest BCUT2D eigenvalue weighted by atomic mass is 10.0. The van der Waals surface area contributed by atoms with Gasteiger partial charge in [-0.2, -0.15) is 0 Å². The van der Waals surface area contributed by atoms with Crippen molar-refractivity contribution in [2.45, 2.75) is 34.2 Å². The minimum atomic E-state index is -0.454. The predicted molar refractivity (Wildman–Crippen MR) is 83.0 cm³/mol. The highest BCUT2D eigenvalue weighted by molar-refractivity contribution is 7.11. The van der Waals surface area contributed by atoms with Gasteiger partial charge < -0.3 is 0 Å². The van der Waals surface area contributed by atoms with Crippen LogP contribution >= 0.6 is 11.3 Å². The Bertz CT molecular complexity index is 757. The van der Waals surface area contributed by atoms with Crippen molar-refractivity contribution >= 4 is 28.7 Å². The van der Waals surface area contributed by atoms with Crippen molar-refractivity contribution in [3.05, 3.63) is 44.4 Å². The fourth-order valence-corrected chi connectivity index (χ4v) is 3.49. The van der Waals surface area contributed by atoms with E-state index >= 15 is 0 Å². The maximum absolute atomic E-state index is 12.3. The smallest absolute Gasteiger partial charge is 0.298 e. The van der Waals surface area contributed by atoms with Gasteiger partial charge in [0.2, 0.25) is 0 Å². The van der Waals surface area contributed by atoms with Crippen LogP contribution in [0, 0.1) is 27.7 Å². The van der Waals surface area contributed by atoms with Crippen LogP contribution in [0.25, 0.3) is 0 Å². The number of amides is 1. The van der Waals surface area contributed by atoms with Crippen LogP contribution in [-0.2, 0) is 11.3 Å². The molecule has 0 saturated heterocycles. The Hall–Kier alpha value is -2.01. The second kappa shape index (κ2) is 4.77. The largest absolute Gasteiger partial charge is 0.299 e. The molecule has 0 radical (unpaired) electrons. The minimum Gasteiger partial charge on any atom is -0.298 e. The number of carbonyl (C=O) groups is 2. The number of hydrogen-bond donors (Lipinski definition) is 0. The van der Waals surface area contributed by atoms with Crippen molar-refractivity contribution in [3.8, 4) is 0 Å². The van der Waals surface area contributed by atoms with E-state index in [1.165, 1.54) is 0 Å². The van der Waals surface area contributed by atoms with E-state index in [2.05, 4.69) is 4.98 Å². The summed E-state index contributed by atoms with van der Waals surface area (Å²) in [5.41, 5.74) is 4.29. The molecule has 0 atom stereocenters. The highest BCUT2D eigenvalue weighted by Crippen LogP contribution is 2.35. The number of Topliss-reactive ketones (excluding diaryl/α,β-unsaturated/α-hetero) is 1.